The van der Waals surface area contributed by atoms with Crippen LogP contribution in [0.2, 0.25) is 0 Å². The quantitative estimate of drug-likeness (QED) is 0.341. The summed E-state index contributed by atoms with van der Waals surface area (Å²) in [6, 6.07) is 29.1. The molecular weight excluding hydrogens is 456 g/mol. The van der Waals surface area contributed by atoms with Crippen molar-refractivity contribution in [2.45, 2.75) is 31.7 Å². The predicted octanol–water partition coefficient (Wildman–Crippen LogP) is 5.93. The maximum atomic E-state index is 13.5. The SMILES string of the molecule is Cc1ccc(S(=O)(=O)Nc2cccc(C(=O)N[C@H](c3ccccc3)c3ccccc3C)c2C)cc1. The van der Waals surface area contributed by atoms with Crippen molar-refractivity contribution in [2.24, 2.45) is 0 Å². The molecule has 5 nitrogen and oxygen atoms in total. The van der Waals surface area contributed by atoms with Crippen LogP contribution in [0.4, 0.5) is 5.69 Å². The first-order chi connectivity index (χ1) is 16.8. The Morgan fingerprint density at radius 3 is 2.09 bits per heavy atom. The van der Waals surface area contributed by atoms with E-state index in [9.17, 15) is 13.2 Å². The van der Waals surface area contributed by atoms with Gasteiger partial charge in [0.15, 0.2) is 0 Å². The average molecular weight is 485 g/mol. The highest BCUT2D eigenvalue weighted by atomic mass is 32.2. The van der Waals surface area contributed by atoms with Gasteiger partial charge in [-0.25, -0.2) is 8.42 Å². The van der Waals surface area contributed by atoms with Gasteiger partial charge in [0.25, 0.3) is 15.9 Å². The zero-order valence-corrected chi connectivity index (χ0v) is 20.8. The van der Waals surface area contributed by atoms with Crippen LogP contribution >= 0.6 is 0 Å². The van der Waals surface area contributed by atoms with Crippen LogP contribution in [0.1, 0.15) is 44.2 Å². The Kier molecular flexibility index (Phi) is 7.03. The van der Waals surface area contributed by atoms with E-state index < -0.39 is 10.0 Å². The van der Waals surface area contributed by atoms with E-state index in [1.807, 2.05) is 68.4 Å². The molecule has 0 aromatic heterocycles. The lowest BCUT2D eigenvalue weighted by molar-refractivity contribution is 0.0942. The van der Waals surface area contributed by atoms with Crippen molar-refractivity contribution < 1.29 is 13.2 Å². The van der Waals surface area contributed by atoms with Gasteiger partial charge in [-0.15, -0.1) is 0 Å². The molecule has 0 spiro atoms. The average Bonchev–Trinajstić information content (AvgIpc) is 2.85. The lowest BCUT2D eigenvalue weighted by Crippen LogP contribution is -2.30. The standard InChI is InChI=1S/C29H28N2O3S/c1-20-16-18-24(19-17-20)35(33,34)31-27-15-9-14-26(22(27)3)29(32)30-28(23-11-5-4-6-12-23)25-13-8-7-10-21(25)2/h4-19,28,31H,1-3H3,(H,30,32)/t28-/m1/s1. The highest BCUT2D eigenvalue weighted by Gasteiger charge is 2.22. The molecule has 6 heteroatoms. The topological polar surface area (TPSA) is 75.3 Å². The van der Waals surface area contributed by atoms with E-state index in [1.54, 1.807) is 49.4 Å². The van der Waals surface area contributed by atoms with Gasteiger partial charge in [0.2, 0.25) is 0 Å². The van der Waals surface area contributed by atoms with Crippen LogP contribution in [0.15, 0.2) is 102 Å². The van der Waals surface area contributed by atoms with Gasteiger partial charge in [-0.2, -0.15) is 0 Å². The Labute approximate surface area is 206 Å². The second-order valence-electron chi connectivity index (χ2n) is 8.57. The molecular formula is C29H28N2O3S. The van der Waals surface area contributed by atoms with Gasteiger partial charge in [-0.1, -0.05) is 78.4 Å². The molecule has 0 radical (unpaired) electrons. The van der Waals surface area contributed by atoms with E-state index >= 15 is 0 Å². The molecule has 1 amide bonds. The Morgan fingerprint density at radius 2 is 1.40 bits per heavy atom. The zero-order chi connectivity index (χ0) is 25.0. The molecule has 2 N–H and O–H groups in total. The monoisotopic (exact) mass is 484 g/mol. The molecule has 0 saturated carbocycles. The Morgan fingerprint density at radius 1 is 0.743 bits per heavy atom. The summed E-state index contributed by atoms with van der Waals surface area (Å²) in [6.07, 6.45) is 0. The molecule has 35 heavy (non-hydrogen) atoms. The zero-order valence-electron chi connectivity index (χ0n) is 19.9. The fourth-order valence-corrected chi connectivity index (χ4v) is 5.14. The number of aryl methyl sites for hydroxylation is 2. The molecule has 0 heterocycles. The minimum absolute atomic E-state index is 0.168. The second-order valence-corrected chi connectivity index (χ2v) is 10.3. The molecule has 4 rings (SSSR count). The van der Waals surface area contributed by atoms with Crippen molar-refractivity contribution in [1.29, 1.82) is 0 Å². The van der Waals surface area contributed by atoms with Gasteiger partial charge in [0, 0.05) is 5.56 Å². The van der Waals surface area contributed by atoms with Gasteiger partial charge in [0.05, 0.1) is 16.6 Å². The van der Waals surface area contributed by atoms with Gasteiger partial charge >= 0.3 is 0 Å². The fraction of sp³-hybridized carbons (Fsp3) is 0.138. The summed E-state index contributed by atoms with van der Waals surface area (Å²) < 4.78 is 28.5. The number of hydrogen-bond acceptors (Lipinski definition) is 3. The molecule has 0 bridgehead atoms. The van der Waals surface area contributed by atoms with Crippen LogP contribution in [-0.2, 0) is 10.0 Å². The normalized spacial score (nSPS) is 12.1. The molecule has 0 unspecified atom stereocenters. The molecule has 4 aromatic carbocycles. The second kappa shape index (κ2) is 10.2. The summed E-state index contributed by atoms with van der Waals surface area (Å²) in [5.41, 5.74) is 5.33. The van der Waals surface area contributed by atoms with Crippen LogP contribution in [0.5, 0.6) is 0 Å². The number of amides is 1. The molecule has 0 aliphatic rings. The highest BCUT2D eigenvalue weighted by molar-refractivity contribution is 7.92. The Bertz CT molecular complexity index is 1450. The molecule has 0 saturated heterocycles. The third kappa shape index (κ3) is 5.44. The predicted molar refractivity (Wildman–Crippen MR) is 140 cm³/mol. The van der Waals surface area contributed by atoms with Crippen molar-refractivity contribution in [3.8, 4) is 0 Å². The number of anilines is 1. The van der Waals surface area contributed by atoms with Crippen molar-refractivity contribution in [2.75, 3.05) is 4.72 Å². The van der Waals surface area contributed by atoms with Crippen molar-refractivity contribution in [1.82, 2.24) is 5.32 Å². The number of sulfonamides is 1. The fourth-order valence-electron chi connectivity index (χ4n) is 4.02. The third-order valence-corrected chi connectivity index (χ3v) is 7.44. The van der Waals surface area contributed by atoms with Gasteiger partial charge in [-0.3, -0.25) is 9.52 Å². The van der Waals surface area contributed by atoms with Crippen LogP contribution in [0.25, 0.3) is 0 Å². The van der Waals surface area contributed by atoms with Crippen molar-refractivity contribution >= 4 is 21.6 Å². The minimum atomic E-state index is -3.79. The van der Waals surface area contributed by atoms with E-state index in [-0.39, 0.29) is 16.8 Å². The summed E-state index contributed by atoms with van der Waals surface area (Å²) in [5.74, 6) is -0.281. The Balaban J connectivity index is 1.65. The van der Waals surface area contributed by atoms with Crippen LogP contribution < -0.4 is 10.0 Å². The summed E-state index contributed by atoms with van der Waals surface area (Å²) in [6.45, 7) is 5.66. The molecule has 1 atom stereocenters. The van der Waals surface area contributed by atoms with Gasteiger partial charge in [0.1, 0.15) is 0 Å². The molecule has 0 aliphatic carbocycles. The number of benzene rings is 4. The first-order valence-electron chi connectivity index (χ1n) is 11.4. The lowest BCUT2D eigenvalue weighted by Gasteiger charge is -2.22. The van der Waals surface area contributed by atoms with E-state index in [0.717, 1.165) is 22.3 Å². The van der Waals surface area contributed by atoms with Crippen LogP contribution in [0.3, 0.4) is 0 Å². The third-order valence-electron chi connectivity index (χ3n) is 6.06. The van der Waals surface area contributed by atoms with Crippen LogP contribution in [-0.4, -0.2) is 14.3 Å². The van der Waals surface area contributed by atoms with Gasteiger partial charge < -0.3 is 5.32 Å². The van der Waals surface area contributed by atoms with Gasteiger partial charge in [-0.05, 0) is 67.3 Å². The molecule has 4 aromatic rings. The largest absolute Gasteiger partial charge is 0.341 e. The summed E-state index contributed by atoms with van der Waals surface area (Å²) in [4.78, 5) is 13.6. The molecule has 0 fully saturated rings. The minimum Gasteiger partial charge on any atom is -0.341 e. The summed E-state index contributed by atoms with van der Waals surface area (Å²) in [7, 11) is -3.79. The van der Waals surface area contributed by atoms with E-state index in [2.05, 4.69) is 10.0 Å². The Hall–Kier alpha value is -3.90. The summed E-state index contributed by atoms with van der Waals surface area (Å²) >= 11 is 0. The molecule has 178 valence electrons. The first kappa shape index (κ1) is 24.2. The van der Waals surface area contributed by atoms with Crippen molar-refractivity contribution in [3.63, 3.8) is 0 Å². The number of nitrogens with one attached hydrogen (secondary N) is 2. The highest BCUT2D eigenvalue weighted by Crippen LogP contribution is 2.27. The van der Waals surface area contributed by atoms with E-state index in [1.165, 1.54) is 0 Å². The number of rotatable bonds is 7. The lowest BCUT2D eigenvalue weighted by atomic mass is 9.94. The number of carbonyl (C=O) groups is 1. The molecule has 0 aliphatic heterocycles. The smallest absolute Gasteiger partial charge is 0.261 e. The van der Waals surface area contributed by atoms with E-state index in [4.69, 9.17) is 0 Å². The number of hydrogen-bond donors (Lipinski definition) is 2. The van der Waals surface area contributed by atoms with Crippen molar-refractivity contribution in [3.05, 3.63) is 130 Å². The maximum Gasteiger partial charge on any atom is 0.261 e. The maximum absolute atomic E-state index is 13.5. The first-order valence-corrected chi connectivity index (χ1v) is 12.8. The number of carbonyl (C=O) groups excluding carboxylic acids is 1. The van der Waals surface area contributed by atoms with E-state index in [0.29, 0.717) is 16.8 Å². The summed E-state index contributed by atoms with van der Waals surface area (Å²) in [5, 5.41) is 3.16. The van der Waals surface area contributed by atoms with Crippen LogP contribution in [0, 0.1) is 20.8 Å².